The smallest absolute Gasteiger partial charge is 0.325 e. The van der Waals surface area contributed by atoms with Crippen molar-refractivity contribution in [1.29, 1.82) is 0 Å². The van der Waals surface area contributed by atoms with Crippen LogP contribution in [0, 0.1) is 6.92 Å². The molecule has 0 unspecified atom stereocenters. The monoisotopic (exact) mass is 368 g/mol. The summed E-state index contributed by atoms with van der Waals surface area (Å²) in [5.41, 5.74) is 2.93. The van der Waals surface area contributed by atoms with Crippen LogP contribution in [0.5, 0.6) is 11.5 Å². The van der Waals surface area contributed by atoms with Crippen molar-refractivity contribution in [3.8, 4) is 11.5 Å². The van der Waals surface area contributed by atoms with Gasteiger partial charge in [-0.1, -0.05) is 30.3 Å². The lowest BCUT2D eigenvalue weighted by Gasteiger charge is -2.17. The zero-order valence-corrected chi connectivity index (χ0v) is 15.8. The molecule has 2 aromatic carbocycles. The largest absolute Gasteiger partial charge is 0.493 e. The molecule has 1 aliphatic heterocycles. The lowest BCUT2D eigenvalue weighted by atomic mass is 10.0. The van der Waals surface area contributed by atoms with E-state index in [2.05, 4.69) is 5.32 Å². The van der Waals surface area contributed by atoms with Crippen LogP contribution >= 0.6 is 0 Å². The number of carbonyl (C=O) groups is 2. The Morgan fingerprint density at radius 1 is 1.04 bits per heavy atom. The maximum atomic E-state index is 12.7. The van der Waals surface area contributed by atoms with Crippen LogP contribution in [-0.4, -0.2) is 37.1 Å². The number of carbonyl (C=O) groups excluding carboxylic acids is 2. The van der Waals surface area contributed by atoms with E-state index < -0.39 is 6.04 Å². The number of imide groups is 1. The number of nitrogens with zero attached hydrogens (tertiary/aromatic N) is 1. The van der Waals surface area contributed by atoms with Crippen molar-refractivity contribution in [2.75, 3.05) is 14.2 Å². The second-order valence-electron chi connectivity index (χ2n) is 6.58. The zero-order chi connectivity index (χ0) is 19.4. The SMILES string of the molecule is COc1cc(C)c(CN2C(=O)N[C@@H](CCc3ccccc3)C2=O)cc1OC. The van der Waals surface area contributed by atoms with Gasteiger partial charge in [-0.15, -0.1) is 0 Å². The number of ether oxygens (including phenoxy) is 2. The van der Waals surface area contributed by atoms with Crippen molar-refractivity contribution < 1.29 is 19.1 Å². The van der Waals surface area contributed by atoms with Gasteiger partial charge in [0.1, 0.15) is 6.04 Å². The van der Waals surface area contributed by atoms with Crippen molar-refractivity contribution in [2.45, 2.75) is 32.4 Å². The van der Waals surface area contributed by atoms with Gasteiger partial charge in [0, 0.05) is 0 Å². The van der Waals surface area contributed by atoms with Gasteiger partial charge in [0.25, 0.3) is 5.91 Å². The fourth-order valence-corrected chi connectivity index (χ4v) is 3.24. The van der Waals surface area contributed by atoms with Crippen molar-refractivity contribution in [3.05, 3.63) is 59.2 Å². The summed E-state index contributed by atoms with van der Waals surface area (Å²) in [6.07, 6.45) is 1.32. The first-order valence-corrected chi connectivity index (χ1v) is 8.90. The summed E-state index contributed by atoms with van der Waals surface area (Å²) >= 11 is 0. The minimum atomic E-state index is -0.488. The van der Waals surface area contributed by atoms with Crippen LogP contribution in [0.25, 0.3) is 0 Å². The molecule has 1 fully saturated rings. The molecule has 1 aliphatic rings. The van der Waals surface area contributed by atoms with E-state index in [1.165, 1.54) is 4.90 Å². The summed E-state index contributed by atoms with van der Waals surface area (Å²) in [4.78, 5) is 26.3. The molecule has 1 atom stereocenters. The average Bonchev–Trinajstić information content (AvgIpc) is 2.95. The number of rotatable bonds is 7. The second-order valence-corrected chi connectivity index (χ2v) is 6.58. The van der Waals surface area contributed by atoms with Crippen molar-refractivity contribution in [1.82, 2.24) is 10.2 Å². The number of urea groups is 1. The first kappa shape index (κ1) is 18.8. The normalized spacial score (nSPS) is 16.4. The fraction of sp³-hybridized carbons (Fsp3) is 0.333. The second kappa shape index (κ2) is 8.12. The maximum absolute atomic E-state index is 12.7. The molecule has 3 rings (SSSR count). The van der Waals surface area contributed by atoms with Crippen molar-refractivity contribution >= 4 is 11.9 Å². The molecular formula is C21H24N2O4. The van der Waals surface area contributed by atoms with E-state index in [0.29, 0.717) is 17.9 Å². The van der Waals surface area contributed by atoms with Crippen LogP contribution < -0.4 is 14.8 Å². The number of amides is 3. The highest BCUT2D eigenvalue weighted by atomic mass is 16.5. The Morgan fingerprint density at radius 2 is 1.70 bits per heavy atom. The van der Waals surface area contributed by atoms with Gasteiger partial charge in [0.05, 0.1) is 20.8 Å². The Morgan fingerprint density at radius 3 is 2.37 bits per heavy atom. The molecule has 1 saturated heterocycles. The quantitative estimate of drug-likeness (QED) is 0.763. The first-order valence-electron chi connectivity index (χ1n) is 8.90. The number of nitrogens with one attached hydrogen (secondary N) is 1. The van der Waals surface area contributed by atoms with E-state index in [-0.39, 0.29) is 18.5 Å². The summed E-state index contributed by atoms with van der Waals surface area (Å²) in [5.74, 6) is 1.01. The van der Waals surface area contributed by atoms with Gasteiger partial charge in [-0.05, 0) is 48.6 Å². The third-order valence-corrected chi connectivity index (χ3v) is 4.84. The van der Waals surface area contributed by atoms with Crippen LogP contribution in [0.1, 0.15) is 23.1 Å². The molecule has 6 heteroatoms. The van der Waals surface area contributed by atoms with E-state index in [9.17, 15) is 9.59 Å². The lowest BCUT2D eigenvalue weighted by molar-refractivity contribution is -0.128. The minimum absolute atomic E-state index is 0.190. The molecule has 0 aliphatic carbocycles. The predicted octanol–water partition coefficient (Wildman–Crippen LogP) is 3.07. The average molecular weight is 368 g/mol. The zero-order valence-electron chi connectivity index (χ0n) is 15.8. The summed E-state index contributed by atoms with van der Waals surface area (Å²) in [7, 11) is 3.13. The number of hydrogen-bond acceptors (Lipinski definition) is 4. The lowest BCUT2D eigenvalue weighted by Crippen LogP contribution is -2.31. The van der Waals surface area contributed by atoms with E-state index >= 15 is 0 Å². The molecule has 3 amide bonds. The van der Waals surface area contributed by atoms with Crippen LogP contribution in [-0.2, 0) is 17.8 Å². The molecule has 0 spiro atoms. The molecule has 0 saturated carbocycles. The molecule has 142 valence electrons. The van der Waals surface area contributed by atoms with Crippen molar-refractivity contribution in [2.24, 2.45) is 0 Å². The van der Waals surface area contributed by atoms with Gasteiger partial charge in [-0.25, -0.2) is 4.79 Å². The molecule has 1 N–H and O–H groups in total. The fourth-order valence-electron chi connectivity index (χ4n) is 3.24. The van der Waals surface area contributed by atoms with Crippen LogP contribution in [0.15, 0.2) is 42.5 Å². The predicted molar refractivity (Wildman–Crippen MR) is 102 cm³/mol. The Kier molecular flexibility index (Phi) is 5.64. The van der Waals surface area contributed by atoms with Gasteiger partial charge < -0.3 is 14.8 Å². The summed E-state index contributed by atoms with van der Waals surface area (Å²) < 4.78 is 10.6. The Bertz CT molecular complexity index is 836. The molecule has 0 bridgehead atoms. The highest BCUT2D eigenvalue weighted by Crippen LogP contribution is 2.31. The highest BCUT2D eigenvalue weighted by Gasteiger charge is 2.37. The van der Waals surface area contributed by atoms with Gasteiger partial charge >= 0.3 is 6.03 Å². The standard InChI is InChI=1S/C21H24N2O4/c1-14-11-18(26-2)19(27-3)12-16(14)13-23-20(24)17(22-21(23)25)10-9-15-7-5-4-6-8-15/h4-8,11-12,17H,9-10,13H2,1-3H3,(H,22,25)/t17-/m0/s1. The van der Waals surface area contributed by atoms with E-state index in [1.807, 2.05) is 49.4 Å². The summed E-state index contributed by atoms with van der Waals surface area (Å²) in [6.45, 7) is 2.13. The Hall–Kier alpha value is -3.02. The van der Waals surface area contributed by atoms with Crippen LogP contribution in [0.2, 0.25) is 0 Å². The minimum Gasteiger partial charge on any atom is -0.493 e. The third-order valence-electron chi connectivity index (χ3n) is 4.84. The van der Waals surface area contributed by atoms with Gasteiger partial charge in [-0.3, -0.25) is 9.69 Å². The topological polar surface area (TPSA) is 67.9 Å². The van der Waals surface area contributed by atoms with Crippen LogP contribution in [0.4, 0.5) is 4.79 Å². The van der Waals surface area contributed by atoms with Crippen LogP contribution in [0.3, 0.4) is 0 Å². The number of aryl methyl sites for hydroxylation is 2. The molecule has 2 aromatic rings. The van der Waals surface area contributed by atoms with Gasteiger partial charge in [-0.2, -0.15) is 0 Å². The number of methoxy groups -OCH3 is 2. The summed E-state index contributed by atoms with van der Waals surface area (Å²) in [6, 6.07) is 12.8. The third kappa shape index (κ3) is 4.05. The van der Waals surface area contributed by atoms with Crippen molar-refractivity contribution in [3.63, 3.8) is 0 Å². The van der Waals surface area contributed by atoms with E-state index in [1.54, 1.807) is 14.2 Å². The van der Waals surface area contributed by atoms with E-state index in [0.717, 1.165) is 23.1 Å². The molecule has 0 radical (unpaired) electrons. The molecule has 6 nitrogen and oxygen atoms in total. The van der Waals surface area contributed by atoms with Gasteiger partial charge in [0.2, 0.25) is 0 Å². The Labute approximate surface area is 159 Å². The Balaban J connectivity index is 1.70. The number of benzene rings is 2. The number of hydrogen-bond donors (Lipinski definition) is 1. The molecule has 1 heterocycles. The highest BCUT2D eigenvalue weighted by molar-refractivity contribution is 6.04. The maximum Gasteiger partial charge on any atom is 0.325 e. The van der Waals surface area contributed by atoms with E-state index in [4.69, 9.17) is 9.47 Å². The molecule has 0 aromatic heterocycles. The van der Waals surface area contributed by atoms with Gasteiger partial charge in [0.15, 0.2) is 11.5 Å². The molecule has 27 heavy (non-hydrogen) atoms. The summed E-state index contributed by atoms with van der Waals surface area (Å²) in [5, 5.41) is 2.80. The molecular weight excluding hydrogens is 344 g/mol. The first-order chi connectivity index (χ1) is 13.0.